The number of rotatable bonds is 3. The van der Waals surface area contributed by atoms with Crippen molar-refractivity contribution in [3.8, 4) is 0 Å². The fraction of sp³-hybridized carbons (Fsp3) is 0.462. The Bertz CT molecular complexity index is 616. The predicted molar refractivity (Wildman–Crippen MR) is 81.1 cm³/mol. The van der Waals surface area contributed by atoms with E-state index in [9.17, 15) is 8.42 Å². The van der Waals surface area contributed by atoms with Crippen molar-refractivity contribution in [1.82, 2.24) is 4.31 Å². The molecule has 20 heavy (non-hydrogen) atoms. The van der Waals surface area contributed by atoms with Gasteiger partial charge in [0.1, 0.15) is 4.99 Å². The maximum absolute atomic E-state index is 12.7. The van der Waals surface area contributed by atoms with Gasteiger partial charge < -0.3 is 10.5 Å². The van der Waals surface area contributed by atoms with Crippen LogP contribution in [0, 0.1) is 0 Å². The lowest BCUT2D eigenvalue weighted by Gasteiger charge is -2.35. The first-order valence-electron chi connectivity index (χ1n) is 6.35. The number of hydrogen-bond donors (Lipinski definition) is 1. The molecule has 2 unspecified atom stereocenters. The second kappa shape index (κ2) is 5.77. The topological polar surface area (TPSA) is 72.6 Å². The van der Waals surface area contributed by atoms with E-state index < -0.39 is 10.0 Å². The van der Waals surface area contributed by atoms with Gasteiger partial charge in [-0.15, -0.1) is 0 Å². The standard InChI is InChI=1S/C13H18N2O3S2/c1-9-8-18-10(2)7-15(9)20(16,17)12-5-3-4-11(6-12)13(14)19/h3-6,9-10H,7-8H2,1-2H3,(H2,14,19). The SMILES string of the molecule is CC1CN(S(=O)(=O)c2cccc(C(N)=S)c2)C(C)CO1. The monoisotopic (exact) mass is 314 g/mol. The highest BCUT2D eigenvalue weighted by Gasteiger charge is 2.34. The van der Waals surface area contributed by atoms with Gasteiger partial charge in [-0.05, 0) is 26.0 Å². The summed E-state index contributed by atoms with van der Waals surface area (Å²) in [4.78, 5) is 0.397. The van der Waals surface area contributed by atoms with Crippen molar-refractivity contribution in [3.05, 3.63) is 29.8 Å². The lowest BCUT2D eigenvalue weighted by Crippen LogP contribution is -2.50. The van der Waals surface area contributed by atoms with Gasteiger partial charge in [0, 0.05) is 18.2 Å². The minimum Gasteiger partial charge on any atom is -0.389 e. The second-order valence-corrected chi connectivity index (χ2v) is 7.29. The molecule has 0 amide bonds. The van der Waals surface area contributed by atoms with E-state index in [1.165, 1.54) is 10.4 Å². The summed E-state index contributed by atoms with van der Waals surface area (Å²) < 4.78 is 32.3. The third-order valence-corrected chi connectivity index (χ3v) is 5.49. The number of sulfonamides is 1. The van der Waals surface area contributed by atoms with Crippen LogP contribution in [-0.4, -0.2) is 43.0 Å². The first-order chi connectivity index (χ1) is 9.32. The number of nitrogens with two attached hydrogens (primary N) is 1. The van der Waals surface area contributed by atoms with Crippen LogP contribution in [0.15, 0.2) is 29.2 Å². The van der Waals surface area contributed by atoms with Crippen LogP contribution >= 0.6 is 12.2 Å². The Morgan fingerprint density at radius 2 is 2.15 bits per heavy atom. The predicted octanol–water partition coefficient (Wildman–Crippen LogP) is 1.12. The van der Waals surface area contributed by atoms with Gasteiger partial charge in [-0.3, -0.25) is 0 Å². The molecule has 7 heteroatoms. The van der Waals surface area contributed by atoms with Gasteiger partial charge in [0.2, 0.25) is 10.0 Å². The number of thiocarbonyl (C=S) groups is 1. The van der Waals surface area contributed by atoms with Crippen LogP contribution in [0.1, 0.15) is 19.4 Å². The molecule has 0 radical (unpaired) electrons. The number of hydrogen-bond acceptors (Lipinski definition) is 4. The van der Waals surface area contributed by atoms with Crippen molar-refractivity contribution in [2.45, 2.75) is 30.9 Å². The summed E-state index contributed by atoms with van der Waals surface area (Å²) in [5.41, 5.74) is 6.11. The van der Waals surface area contributed by atoms with Crippen molar-refractivity contribution in [2.24, 2.45) is 5.73 Å². The molecule has 1 aliphatic rings. The third kappa shape index (κ3) is 3.01. The second-order valence-electron chi connectivity index (χ2n) is 4.96. The van der Waals surface area contributed by atoms with E-state index in [2.05, 4.69) is 0 Å². The van der Waals surface area contributed by atoms with Crippen molar-refractivity contribution in [1.29, 1.82) is 0 Å². The fourth-order valence-electron chi connectivity index (χ4n) is 2.15. The van der Waals surface area contributed by atoms with Crippen molar-refractivity contribution < 1.29 is 13.2 Å². The molecule has 2 N–H and O–H groups in total. The third-order valence-electron chi connectivity index (χ3n) is 3.28. The highest BCUT2D eigenvalue weighted by molar-refractivity contribution is 7.89. The quantitative estimate of drug-likeness (QED) is 0.847. The molecule has 0 aliphatic carbocycles. The Balaban J connectivity index is 2.39. The summed E-state index contributed by atoms with van der Waals surface area (Å²) in [7, 11) is -3.56. The molecular weight excluding hydrogens is 296 g/mol. The van der Waals surface area contributed by atoms with Gasteiger partial charge in [-0.25, -0.2) is 8.42 Å². The lowest BCUT2D eigenvalue weighted by molar-refractivity contribution is -0.0170. The van der Waals surface area contributed by atoms with Crippen LogP contribution in [0.3, 0.4) is 0 Å². The normalized spacial score (nSPS) is 24.5. The van der Waals surface area contributed by atoms with Gasteiger partial charge in [0.25, 0.3) is 0 Å². The molecule has 1 aromatic rings. The molecule has 1 aliphatic heterocycles. The molecule has 2 atom stereocenters. The zero-order valence-electron chi connectivity index (χ0n) is 11.4. The number of benzene rings is 1. The molecule has 0 saturated carbocycles. The maximum Gasteiger partial charge on any atom is 0.243 e. The van der Waals surface area contributed by atoms with Crippen LogP contribution in [0.5, 0.6) is 0 Å². The van der Waals surface area contributed by atoms with E-state index in [1.807, 2.05) is 13.8 Å². The molecule has 1 heterocycles. The smallest absolute Gasteiger partial charge is 0.243 e. The molecule has 0 spiro atoms. The molecule has 1 saturated heterocycles. The fourth-order valence-corrected chi connectivity index (χ4v) is 4.02. The Labute approximate surface area is 124 Å². The van der Waals surface area contributed by atoms with Crippen LogP contribution in [0.2, 0.25) is 0 Å². The molecule has 0 aromatic heterocycles. The highest BCUT2D eigenvalue weighted by atomic mass is 32.2. The molecule has 5 nitrogen and oxygen atoms in total. The Morgan fingerprint density at radius 3 is 2.80 bits per heavy atom. The molecule has 1 aromatic carbocycles. The van der Waals surface area contributed by atoms with Gasteiger partial charge in [0.05, 0.1) is 17.6 Å². The van der Waals surface area contributed by atoms with Crippen LogP contribution in [0.4, 0.5) is 0 Å². The Kier molecular flexibility index (Phi) is 4.43. The molecule has 110 valence electrons. The van der Waals surface area contributed by atoms with E-state index in [1.54, 1.807) is 18.2 Å². The minimum absolute atomic E-state index is 0.111. The van der Waals surface area contributed by atoms with E-state index in [4.69, 9.17) is 22.7 Å². The lowest BCUT2D eigenvalue weighted by atomic mass is 10.2. The van der Waals surface area contributed by atoms with Crippen LogP contribution < -0.4 is 5.73 Å². The van der Waals surface area contributed by atoms with E-state index in [0.29, 0.717) is 18.7 Å². The first-order valence-corrected chi connectivity index (χ1v) is 8.20. The summed E-state index contributed by atoms with van der Waals surface area (Å²) >= 11 is 4.89. The summed E-state index contributed by atoms with van der Waals surface area (Å²) in [5, 5.41) is 0. The number of nitrogens with zero attached hydrogens (tertiary/aromatic N) is 1. The summed E-state index contributed by atoms with van der Waals surface area (Å²) in [5.74, 6) is 0. The molecule has 1 fully saturated rings. The zero-order chi connectivity index (χ0) is 14.9. The summed E-state index contributed by atoms with van der Waals surface area (Å²) in [6.07, 6.45) is -0.111. The van der Waals surface area contributed by atoms with Crippen molar-refractivity contribution >= 4 is 27.2 Å². The zero-order valence-corrected chi connectivity index (χ0v) is 13.1. The van der Waals surface area contributed by atoms with Gasteiger partial charge in [0.15, 0.2) is 0 Å². The summed E-state index contributed by atoms with van der Waals surface area (Å²) in [6.45, 7) is 4.44. The van der Waals surface area contributed by atoms with E-state index in [0.717, 1.165) is 0 Å². The summed E-state index contributed by atoms with van der Waals surface area (Å²) in [6, 6.07) is 6.24. The van der Waals surface area contributed by atoms with E-state index >= 15 is 0 Å². The average molecular weight is 314 g/mol. The Morgan fingerprint density at radius 1 is 1.45 bits per heavy atom. The van der Waals surface area contributed by atoms with Gasteiger partial charge in [-0.1, -0.05) is 24.4 Å². The van der Waals surface area contributed by atoms with Crippen molar-refractivity contribution in [2.75, 3.05) is 13.2 Å². The average Bonchev–Trinajstić information content (AvgIpc) is 2.41. The number of morpholine rings is 1. The minimum atomic E-state index is -3.56. The maximum atomic E-state index is 12.7. The number of ether oxygens (including phenoxy) is 1. The largest absolute Gasteiger partial charge is 0.389 e. The van der Waals surface area contributed by atoms with Crippen LogP contribution in [0.25, 0.3) is 0 Å². The first kappa shape index (κ1) is 15.4. The highest BCUT2D eigenvalue weighted by Crippen LogP contribution is 2.23. The molecular formula is C13H18N2O3S2. The van der Waals surface area contributed by atoms with Gasteiger partial charge >= 0.3 is 0 Å². The molecule has 2 rings (SSSR count). The molecule has 0 bridgehead atoms. The van der Waals surface area contributed by atoms with Crippen molar-refractivity contribution in [3.63, 3.8) is 0 Å². The Hall–Kier alpha value is -1.02. The van der Waals surface area contributed by atoms with Gasteiger partial charge in [-0.2, -0.15) is 4.31 Å². The van der Waals surface area contributed by atoms with E-state index in [-0.39, 0.29) is 22.0 Å². The van der Waals surface area contributed by atoms with Crippen LogP contribution in [-0.2, 0) is 14.8 Å².